The highest BCUT2D eigenvalue weighted by Crippen LogP contribution is 2.03. The fourth-order valence-corrected chi connectivity index (χ4v) is 1.77. The second-order valence-corrected chi connectivity index (χ2v) is 4.39. The first-order valence-electron chi connectivity index (χ1n) is 6.25. The highest BCUT2D eigenvalue weighted by Gasteiger charge is 2.22. The lowest BCUT2D eigenvalue weighted by Gasteiger charge is -2.11. The number of carboxylic acid groups (broad SMARTS) is 1. The van der Waals surface area contributed by atoms with Gasteiger partial charge in [-0.2, -0.15) is 4.98 Å². The fourth-order valence-electron chi connectivity index (χ4n) is 1.77. The monoisotopic (exact) mass is 277 g/mol. The average Bonchev–Trinajstić information content (AvgIpc) is 2.83. The SMILES string of the molecule is CCCC(NC(=O)c1nc2nccc(C)n2n1)C(=O)O. The van der Waals surface area contributed by atoms with Crippen molar-refractivity contribution in [2.24, 2.45) is 0 Å². The van der Waals surface area contributed by atoms with Crippen molar-refractivity contribution in [3.63, 3.8) is 0 Å². The molecule has 0 fully saturated rings. The molecule has 8 nitrogen and oxygen atoms in total. The summed E-state index contributed by atoms with van der Waals surface area (Å²) in [4.78, 5) is 31.0. The molecule has 0 aliphatic heterocycles. The first kappa shape index (κ1) is 13.9. The van der Waals surface area contributed by atoms with Crippen LogP contribution >= 0.6 is 0 Å². The minimum Gasteiger partial charge on any atom is -0.480 e. The Hall–Kier alpha value is -2.51. The third kappa shape index (κ3) is 2.73. The standard InChI is InChI=1S/C12H15N5O3/c1-3-4-8(11(19)20)14-10(18)9-15-12-13-6-5-7(2)17(12)16-9/h5-6,8H,3-4H2,1-2H3,(H,14,18)(H,19,20). The van der Waals surface area contributed by atoms with Crippen LogP contribution in [0.3, 0.4) is 0 Å². The van der Waals surface area contributed by atoms with E-state index < -0.39 is 17.9 Å². The summed E-state index contributed by atoms with van der Waals surface area (Å²) in [7, 11) is 0. The van der Waals surface area contributed by atoms with Crippen LogP contribution < -0.4 is 5.32 Å². The normalized spacial score (nSPS) is 12.3. The van der Waals surface area contributed by atoms with E-state index in [9.17, 15) is 9.59 Å². The molecule has 2 aromatic heterocycles. The number of rotatable bonds is 5. The molecule has 1 atom stereocenters. The van der Waals surface area contributed by atoms with Crippen LogP contribution in [-0.2, 0) is 4.79 Å². The van der Waals surface area contributed by atoms with Gasteiger partial charge in [0.05, 0.1) is 0 Å². The number of hydrogen-bond donors (Lipinski definition) is 2. The van der Waals surface area contributed by atoms with E-state index in [1.807, 2.05) is 13.8 Å². The lowest BCUT2D eigenvalue weighted by atomic mass is 10.1. The number of carbonyl (C=O) groups is 2. The van der Waals surface area contributed by atoms with E-state index in [0.29, 0.717) is 18.6 Å². The molecule has 0 saturated carbocycles. The number of hydrogen-bond acceptors (Lipinski definition) is 5. The Balaban J connectivity index is 2.22. The van der Waals surface area contributed by atoms with E-state index in [1.54, 1.807) is 12.3 Å². The largest absolute Gasteiger partial charge is 0.480 e. The van der Waals surface area contributed by atoms with Crippen LogP contribution in [-0.4, -0.2) is 42.6 Å². The molecule has 1 amide bonds. The van der Waals surface area contributed by atoms with Gasteiger partial charge in [-0.25, -0.2) is 14.3 Å². The molecule has 20 heavy (non-hydrogen) atoms. The quantitative estimate of drug-likeness (QED) is 0.819. The summed E-state index contributed by atoms with van der Waals surface area (Å²) in [6, 6.07) is 0.800. The second kappa shape index (κ2) is 5.64. The van der Waals surface area contributed by atoms with Crippen molar-refractivity contribution < 1.29 is 14.7 Å². The van der Waals surface area contributed by atoms with Crippen LogP contribution in [0.15, 0.2) is 12.3 Å². The van der Waals surface area contributed by atoms with Crippen molar-refractivity contribution in [3.8, 4) is 0 Å². The Labute approximate surface area is 114 Å². The molecule has 0 saturated heterocycles. The van der Waals surface area contributed by atoms with Crippen LogP contribution in [0.4, 0.5) is 0 Å². The third-order valence-corrected chi connectivity index (χ3v) is 2.81. The third-order valence-electron chi connectivity index (χ3n) is 2.81. The van der Waals surface area contributed by atoms with E-state index in [0.717, 1.165) is 5.69 Å². The number of aryl methyl sites for hydroxylation is 1. The van der Waals surface area contributed by atoms with Crippen molar-refractivity contribution >= 4 is 17.7 Å². The van der Waals surface area contributed by atoms with Crippen LogP contribution in [0.5, 0.6) is 0 Å². The van der Waals surface area contributed by atoms with E-state index in [1.165, 1.54) is 4.52 Å². The summed E-state index contributed by atoms with van der Waals surface area (Å²) in [6.45, 7) is 3.65. The molecule has 0 spiro atoms. The maximum Gasteiger partial charge on any atom is 0.326 e. The lowest BCUT2D eigenvalue weighted by Crippen LogP contribution is -2.41. The lowest BCUT2D eigenvalue weighted by molar-refractivity contribution is -0.139. The molecule has 0 bridgehead atoms. The molecule has 2 aromatic rings. The zero-order valence-electron chi connectivity index (χ0n) is 11.2. The van der Waals surface area contributed by atoms with Gasteiger partial charge in [-0.15, -0.1) is 5.10 Å². The highest BCUT2D eigenvalue weighted by atomic mass is 16.4. The summed E-state index contributed by atoms with van der Waals surface area (Å²) < 4.78 is 1.44. The van der Waals surface area contributed by atoms with Gasteiger partial charge in [0.2, 0.25) is 5.82 Å². The Kier molecular flexibility index (Phi) is 3.92. The van der Waals surface area contributed by atoms with Gasteiger partial charge in [0.25, 0.3) is 11.7 Å². The van der Waals surface area contributed by atoms with Gasteiger partial charge in [-0.1, -0.05) is 13.3 Å². The van der Waals surface area contributed by atoms with Gasteiger partial charge < -0.3 is 10.4 Å². The van der Waals surface area contributed by atoms with Crippen LogP contribution in [0.2, 0.25) is 0 Å². The topological polar surface area (TPSA) is 109 Å². The number of carbonyl (C=O) groups excluding carboxylic acids is 1. The number of nitrogens with zero attached hydrogens (tertiary/aromatic N) is 4. The van der Waals surface area contributed by atoms with Crippen molar-refractivity contribution in [1.82, 2.24) is 24.9 Å². The van der Waals surface area contributed by atoms with Crippen LogP contribution in [0, 0.1) is 6.92 Å². The zero-order chi connectivity index (χ0) is 14.7. The summed E-state index contributed by atoms with van der Waals surface area (Å²) in [5, 5.41) is 15.4. The maximum atomic E-state index is 12.0. The summed E-state index contributed by atoms with van der Waals surface area (Å²) >= 11 is 0. The molecular formula is C12H15N5O3. The molecule has 0 aliphatic rings. The molecule has 1 unspecified atom stereocenters. The Morgan fingerprint density at radius 3 is 2.85 bits per heavy atom. The van der Waals surface area contributed by atoms with Crippen molar-refractivity contribution in [3.05, 3.63) is 23.8 Å². The summed E-state index contributed by atoms with van der Waals surface area (Å²) in [6.07, 6.45) is 2.57. The Morgan fingerprint density at radius 2 is 2.25 bits per heavy atom. The highest BCUT2D eigenvalue weighted by molar-refractivity contribution is 5.93. The smallest absolute Gasteiger partial charge is 0.326 e. The van der Waals surface area contributed by atoms with Crippen molar-refractivity contribution in [2.45, 2.75) is 32.7 Å². The van der Waals surface area contributed by atoms with Crippen molar-refractivity contribution in [1.29, 1.82) is 0 Å². The molecule has 2 N–H and O–H groups in total. The Bertz CT molecular complexity index is 652. The minimum atomic E-state index is -1.07. The molecule has 8 heteroatoms. The predicted molar refractivity (Wildman–Crippen MR) is 69.3 cm³/mol. The van der Waals surface area contributed by atoms with Gasteiger partial charge in [0.1, 0.15) is 6.04 Å². The molecular weight excluding hydrogens is 262 g/mol. The van der Waals surface area contributed by atoms with Gasteiger partial charge in [-0.3, -0.25) is 4.79 Å². The molecule has 0 aromatic carbocycles. The van der Waals surface area contributed by atoms with Crippen LogP contribution in [0.1, 0.15) is 36.1 Å². The number of aliphatic carboxylic acids is 1. The van der Waals surface area contributed by atoms with E-state index in [4.69, 9.17) is 5.11 Å². The minimum absolute atomic E-state index is 0.0887. The van der Waals surface area contributed by atoms with Crippen molar-refractivity contribution in [2.75, 3.05) is 0 Å². The number of amides is 1. The van der Waals surface area contributed by atoms with Gasteiger partial charge >= 0.3 is 5.97 Å². The van der Waals surface area contributed by atoms with Gasteiger partial charge in [0.15, 0.2) is 0 Å². The summed E-state index contributed by atoms with van der Waals surface area (Å²) in [5.74, 6) is -1.47. The molecule has 0 aliphatic carbocycles. The number of nitrogens with one attached hydrogen (secondary N) is 1. The molecule has 0 radical (unpaired) electrons. The molecule has 106 valence electrons. The first-order chi connectivity index (χ1) is 9.52. The average molecular weight is 277 g/mol. The van der Waals surface area contributed by atoms with E-state index >= 15 is 0 Å². The fraction of sp³-hybridized carbons (Fsp3) is 0.417. The Morgan fingerprint density at radius 1 is 1.50 bits per heavy atom. The summed E-state index contributed by atoms with van der Waals surface area (Å²) in [5.41, 5.74) is 0.782. The number of fused-ring (bicyclic) bond motifs is 1. The molecule has 2 heterocycles. The zero-order valence-corrected chi connectivity index (χ0v) is 11.2. The maximum absolute atomic E-state index is 12.0. The number of aromatic nitrogens is 4. The first-order valence-corrected chi connectivity index (χ1v) is 6.25. The van der Waals surface area contributed by atoms with E-state index in [-0.39, 0.29) is 5.82 Å². The van der Waals surface area contributed by atoms with Gasteiger partial charge in [-0.05, 0) is 19.4 Å². The van der Waals surface area contributed by atoms with Gasteiger partial charge in [0, 0.05) is 11.9 Å². The number of carboxylic acids is 1. The predicted octanol–water partition coefficient (Wildman–Crippen LogP) is 0.416. The van der Waals surface area contributed by atoms with E-state index in [2.05, 4.69) is 20.4 Å². The van der Waals surface area contributed by atoms with Crippen LogP contribution in [0.25, 0.3) is 5.78 Å². The second-order valence-electron chi connectivity index (χ2n) is 4.39. The molecule has 2 rings (SSSR count).